The highest BCUT2D eigenvalue weighted by molar-refractivity contribution is 5.97. The van der Waals surface area contributed by atoms with Gasteiger partial charge in [-0.25, -0.2) is 4.79 Å². The summed E-state index contributed by atoms with van der Waals surface area (Å²) in [5, 5.41) is 15.0. The summed E-state index contributed by atoms with van der Waals surface area (Å²) in [5.74, 6) is -0.200. The van der Waals surface area contributed by atoms with Crippen molar-refractivity contribution in [3.8, 4) is 22.6 Å². The van der Waals surface area contributed by atoms with E-state index in [1.165, 1.54) is 26.4 Å². The number of benzene rings is 3. The van der Waals surface area contributed by atoms with Crippen LogP contribution in [0.4, 0.5) is 5.69 Å². The van der Waals surface area contributed by atoms with Crippen molar-refractivity contribution >= 4 is 17.9 Å². The summed E-state index contributed by atoms with van der Waals surface area (Å²) in [5.41, 5.74) is 1.70. The Hall–Kier alpha value is -4.20. The monoisotopic (exact) mass is 406 g/mol. The summed E-state index contributed by atoms with van der Waals surface area (Å²) in [4.78, 5) is 28.3. The third-order valence-corrected chi connectivity index (χ3v) is 4.29. The second-order valence-corrected chi connectivity index (χ2v) is 6.05. The summed E-state index contributed by atoms with van der Waals surface area (Å²) >= 11 is 0. The van der Waals surface area contributed by atoms with Gasteiger partial charge in [0.05, 0.1) is 42.6 Å². The number of rotatable bonds is 7. The van der Waals surface area contributed by atoms with Gasteiger partial charge in [-0.2, -0.15) is 0 Å². The molecule has 0 saturated heterocycles. The molecule has 3 rings (SSSR count). The van der Waals surface area contributed by atoms with Gasteiger partial charge in [0.15, 0.2) is 11.5 Å². The molecule has 8 nitrogen and oxygen atoms in total. The number of nitro groups is 1. The topological polar surface area (TPSA) is 100 Å². The van der Waals surface area contributed by atoms with Crippen LogP contribution in [0.5, 0.6) is 11.5 Å². The highest BCUT2D eigenvalue weighted by atomic mass is 16.7. The first kappa shape index (κ1) is 20.5. The van der Waals surface area contributed by atoms with Crippen LogP contribution in [0.25, 0.3) is 11.1 Å². The quantitative estimate of drug-likeness (QED) is 0.248. The first-order valence-electron chi connectivity index (χ1n) is 8.84. The molecule has 0 spiro atoms. The minimum Gasteiger partial charge on any atom is -0.493 e. The number of methoxy groups -OCH3 is 2. The molecule has 8 heteroatoms. The predicted octanol–water partition coefficient (Wildman–Crippen LogP) is 4.47. The Kier molecular flexibility index (Phi) is 6.39. The summed E-state index contributed by atoms with van der Waals surface area (Å²) < 4.78 is 10.2. The van der Waals surface area contributed by atoms with Crippen molar-refractivity contribution in [3.05, 3.63) is 88.0 Å². The van der Waals surface area contributed by atoms with Gasteiger partial charge >= 0.3 is 5.97 Å². The molecule has 0 radical (unpaired) electrons. The van der Waals surface area contributed by atoms with Gasteiger partial charge in [-0.1, -0.05) is 53.7 Å². The smallest absolute Gasteiger partial charge is 0.366 e. The average Bonchev–Trinajstić information content (AvgIpc) is 2.79. The molecular formula is C22H18N2O6. The van der Waals surface area contributed by atoms with E-state index in [-0.39, 0.29) is 22.7 Å². The van der Waals surface area contributed by atoms with Crippen LogP contribution in [0, 0.1) is 10.1 Å². The molecule has 30 heavy (non-hydrogen) atoms. The van der Waals surface area contributed by atoms with Crippen LogP contribution < -0.4 is 9.47 Å². The van der Waals surface area contributed by atoms with Crippen LogP contribution >= 0.6 is 0 Å². The molecule has 0 unspecified atom stereocenters. The van der Waals surface area contributed by atoms with E-state index in [0.717, 1.165) is 11.8 Å². The molecular weight excluding hydrogens is 388 g/mol. The highest BCUT2D eigenvalue weighted by Gasteiger charge is 2.19. The maximum absolute atomic E-state index is 12.6. The second kappa shape index (κ2) is 9.33. The van der Waals surface area contributed by atoms with E-state index < -0.39 is 10.9 Å². The van der Waals surface area contributed by atoms with E-state index in [4.69, 9.17) is 14.3 Å². The van der Waals surface area contributed by atoms with E-state index in [0.29, 0.717) is 11.1 Å². The fourth-order valence-corrected chi connectivity index (χ4v) is 2.86. The number of oxime groups is 1. The van der Waals surface area contributed by atoms with Crippen molar-refractivity contribution in [3.63, 3.8) is 0 Å². The van der Waals surface area contributed by atoms with Crippen LogP contribution in [-0.2, 0) is 4.84 Å². The van der Waals surface area contributed by atoms with Crippen LogP contribution in [0.15, 0.2) is 71.9 Å². The normalized spacial score (nSPS) is 10.6. The number of carbonyl (C=O) groups is 1. The van der Waals surface area contributed by atoms with Crippen molar-refractivity contribution < 1.29 is 24.0 Å². The average molecular weight is 406 g/mol. The zero-order valence-corrected chi connectivity index (χ0v) is 16.3. The minimum absolute atomic E-state index is 0.0989. The van der Waals surface area contributed by atoms with Crippen LogP contribution in [0.3, 0.4) is 0 Å². The van der Waals surface area contributed by atoms with E-state index >= 15 is 0 Å². The molecule has 0 N–H and O–H groups in total. The Morgan fingerprint density at radius 2 is 1.60 bits per heavy atom. The van der Waals surface area contributed by atoms with E-state index in [1.54, 1.807) is 18.2 Å². The largest absolute Gasteiger partial charge is 0.493 e. The lowest BCUT2D eigenvalue weighted by Crippen LogP contribution is -2.04. The first-order valence-corrected chi connectivity index (χ1v) is 8.84. The van der Waals surface area contributed by atoms with Crippen molar-refractivity contribution in [2.75, 3.05) is 14.2 Å². The molecule has 3 aromatic rings. The predicted molar refractivity (Wildman–Crippen MR) is 111 cm³/mol. The Labute approximate surface area is 172 Å². The Balaban J connectivity index is 1.86. The lowest BCUT2D eigenvalue weighted by Gasteiger charge is -2.08. The Morgan fingerprint density at radius 3 is 2.27 bits per heavy atom. The van der Waals surface area contributed by atoms with Crippen molar-refractivity contribution in [1.82, 2.24) is 0 Å². The fraction of sp³-hybridized carbons (Fsp3) is 0.0909. The Morgan fingerprint density at radius 1 is 0.967 bits per heavy atom. The van der Waals surface area contributed by atoms with Crippen LogP contribution in [0.2, 0.25) is 0 Å². The van der Waals surface area contributed by atoms with Crippen LogP contribution in [0.1, 0.15) is 15.9 Å². The van der Waals surface area contributed by atoms with Crippen LogP contribution in [-0.4, -0.2) is 31.3 Å². The number of nitrogens with zero attached hydrogens (tertiary/aromatic N) is 2. The van der Waals surface area contributed by atoms with Gasteiger partial charge in [-0.05, 0) is 23.3 Å². The standard InChI is InChI=1S/C22H18N2O6/c1-28-20-12-16(19(24(26)27)13-21(20)29-2)14-23-30-22(25)18-11-7-6-10-17(18)15-8-4-3-5-9-15/h3-14H,1-2H3/b23-14+. The highest BCUT2D eigenvalue weighted by Crippen LogP contribution is 2.33. The van der Waals surface area contributed by atoms with Gasteiger partial charge in [0.25, 0.3) is 5.69 Å². The maximum Gasteiger partial charge on any atom is 0.366 e. The molecule has 3 aromatic carbocycles. The molecule has 0 saturated carbocycles. The summed E-state index contributed by atoms with van der Waals surface area (Å²) in [6.07, 6.45) is 1.09. The number of hydrogen-bond donors (Lipinski definition) is 0. The molecule has 0 atom stereocenters. The zero-order chi connectivity index (χ0) is 21.5. The summed E-state index contributed by atoms with van der Waals surface area (Å²) in [6.45, 7) is 0. The third-order valence-electron chi connectivity index (χ3n) is 4.29. The molecule has 0 heterocycles. The lowest BCUT2D eigenvalue weighted by molar-refractivity contribution is -0.385. The summed E-state index contributed by atoms with van der Waals surface area (Å²) in [7, 11) is 2.78. The minimum atomic E-state index is -0.686. The van der Waals surface area contributed by atoms with Gasteiger partial charge in [0, 0.05) is 0 Å². The van der Waals surface area contributed by atoms with E-state index in [2.05, 4.69) is 5.16 Å². The molecule has 0 amide bonds. The fourth-order valence-electron chi connectivity index (χ4n) is 2.86. The third kappa shape index (κ3) is 4.44. The van der Waals surface area contributed by atoms with Crippen molar-refractivity contribution in [2.24, 2.45) is 5.16 Å². The summed E-state index contributed by atoms with van der Waals surface area (Å²) in [6, 6.07) is 18.9. The molecule has 0 aliphatic heterocycles. The molecule has 0 aromatic heterocycles. The van der Waals surface area contributed by atoms with Gasteiger partial charge in [-0.3, -0.25) is 10.1 Å². The van der Waals surface area contributed by atoms with Crippen molar-refractivity contribution in [2.45, 2.75) is 0 Å². The van der Waals surface area contributed by atoms with E-state index in [1.807, 2.05) is 36.4 Å². The number of ether oxygens (including phenoxy) is 2. The second-order valence-electron chi connectivity index (χ2n) is 6.05. The number of carbonyl (C=O) groups excluding carboxylic acids is 1. The van der Waals surface area contributed by atoms with Crippen molar-refractivity contribution in [1.29, 1.82) is 0 Å². The number of hydrogen-bond acceptors (Lipinski definition) is 7. The van der Waals surface area contributed by atoms with E-state index in [9.17, 15) is 14.9 Å². The van der Waals surface area contributed by atoms with Gasteiger partial charge < -0.3 is 14.3 Å². The first-order chi connectivity index (χ1) is 14.5. The maximum atomic E-state index is 12.6. The molecule has 0 bridgehead atoms. The molecule has 152 valence electrons. The Bertz CT molecular complexity index is 1100. The zero-order valence-electron chi connectivity index (χ0n) is 16.3. The molecule has 0 fully saturated rings. The van der Waals surface area contributed by atoms with Gasteiger partial charge in [0.1, 0.15) is 0 Å². The SMILES string of the molecule is COc1cc(/C=N/OC(=O)c2ccccc2-c2ccccc2)c([N+](=O)[O-])cc1OC. The number of nitro benzene ring substituents is 1. The van der Waals surface area contributed by atoms with Gasteiger partial charge in [0.2, 0.25) is 0 Å². The molecule has 0 aliphatic carbocycles. The van der Waals surface area contributed by atoms with Gasteiger partial charge in [-0.15, -0.1) is 0 Å². The molecule has 0 aliphatic rings. The lowest BCUT2D eigenvalue weighted by atomic mass is 10.00.